The summed E-state index contributed by atoms with van der Waals surface area (Å²) in [7, 11) is 0. The zero-order chi connectivity index (χ0) is 18.6. The number of rotatable bonds is 7. The first-order valence-corrected chi connectivity index (χ1v) is 8.81. The number of aromatic nitrogens is 5. The maximum atomic E-state index is 12.8. The van der Waals surface area contributed by atoms with Crippen LogP contribution in [0.2, 0.25) is 0 Å². The molecule has 7 nitrogen and oxygen atoms in total. The topological polar surface area (TPSA) is 74.8 Å². The van der Waals surface area contributed by atoms with E-state index in [0.29, 0.717) is 40.6 Å². The molecule has 0 saturated heterocycles. The highest BCUT2D eigenvalue weighted by Crippen LogP contribution is 2.21. The third-order valence-electron chi connectivity index (χ3n) is 4.38. The highest BCUT2D eigenvalue weighted by molar-refractivity contribution is 6.03. The number of aryl methyl sites for hydroxylation is 1. The number of para-hydroxylation sites is 1. The predicted octanol–water partition coefficient (Wildman–Crippen LogP) is 3.19. The van der Waals surface area contributed by atoms with Gasteiger partial charge in [-0.3, -0.25) is 4.39 Å². The number of carbonyl (C=O) groups is 1. The summed E-state index contributed by atoms with van der Waals surface area (Å²) in [5.74, 6) is -0.536. The van der Waals surface area contributed by atoms with Gasteiger partial charge in [0.1, 0.15) is 16.7 Å². The maximum absolute atomic E-state index is 12.8. The fraction of sp³-hybridized carbons (Fsp3) is 0.263. The summed E-state index contributed by atoms with van der Waals surface area (Å²) >= 11 is 0. The lowest BCUT2D eigenvalue weighted by molar-refractivity contribution is 0.0411. The van der Waals surface area contributed by atoms with E-state index < -0.39 is 5.97 Å². The second-order valence-corrected chi connectivity index (χ2v) is 6.19. The van der Waals surface area contributed by atoms with Crippen LogP contribution < -0.4 is 4.84 Å². The van der Waals surface area contributed by atoms with E-state index >= 15 is 0 Å². The number of benzene rings is 1. The fourth-order valence-electron chi connectivity index (χ4n) is 3.05. The summed E-state index contributed by atoms with van der Waals surface area (Å²) in [5, 5.41) is 8.57. The van der Waals surface area contributed by atoms with Crippen LogP contribution in [0.1, 0.15) is 29.6 Å². The van der Waals surface area contributed by atoms with Crippen molar-refractivity contribution in [3.63, 3.8) is 0 Å². The Hall–Kier alpha value is -3.29. The normalized spacial score (nSPS) is 11.3. The SMILES string of the molecule is O=C(On1nnc2ccccc21)c1cn(CCCCCF)c2ncccc12. The van der Waals surface area contributed by atoms with Crippen molar-refractivity contribution < 1.29 is 14.0 Å². The molecule has 4 rings (SSSR count). The number of hydrogen-bond donors (Lipinski definition) is 0. The molecule has 138 valence electrons. The second kappa shape index (κ2) is 7.53. The Morgan fingerprint density at radius 2 is 2.00 bits per heavy atom. The molecular weight excluding hydrogens is 349 g/mol. The molecule has 3 aromatic heterocycles. The summed E-state index contributed by atoms with van der Waals surface area (Å²) in [6.45, 7) is 0.348. The summed E-state index contributed by atoms with van der Waals surface area (Å²) in [4.78, 5) is 23.7. The largest absolute Gasteiger partial charge is 0.367 e. The highest BCUT2D eigenvalue weighted by atomic mass is 19.1. The molecule has 0 bridgehead atoms. The number of unbranched alkanes of at least 4 members (excludes halogenated alkanes) is 2. The van der Waals surface area contributed by atoms with Crippen LogP contribution in [0, 0.1) is 0 Å². The Bertz CT molecular complexity index is 1090. The van der Waals surface area contributed by atoms with Gasteiger partial charge in [0.05, 0.1) is 12.2 Å². The lowest BCUT2D eigenvalue weighted by Gasteiger charge is -2.03. The number of nitrogens with zero attached hydrogens (tertiary/aromatic N) is 5. The van der Waals surface area contributed by atoms with Crippen LogP contribution in [0.15, 0.2) is 48.8 Å². The van der Waals surface area contributed by atoms with E-state index in [1.54, 1.807) is 30.6 Å². The van der Waals surface area contributed by atoms with E-state index in [-0.39, 0.29) is 6.67 Å². The summed E-state index contributed by atoms with van der Waals surface area (Å²) < 4.78 is 14.2. The fourth-order valence-corrected chi connectivity index (χ4v) is 3.05. The lowest BCUT2D eigenvalue weighted by atomic mass is 10.2. The van der Waals surface area contributed by atoms with Crippen molar-refractivity contribution >= 4 is 28.0 Å². The summed E-state index contributed by atoms with van der Waals surface area (Å²) in [5.41, 5.74) is 2.36. The monoisotopic (exact) mass is 367 g/mol. The molecule has 0 radical (unpaired) electrons. The Morgan fingerprint density at radius 3 is 2.89 bits per heavy atom. The van der Waals surface area contributed by atoms with Gasteiger partial charge in [-0.1, -0.05) is 17.0 Å². The molecule has 0 unspecified atom stereocenters. The number of alkyl halides is 1. The number of pyridine rings is 1. The molecule has 27 heavy (non-hydrogen) atoms. The molecule has 0 spiro atoms. The number of carbonyl (C=O) groups excluding carboxylic acids is 1. The molecule has 0 saturated carbocycles. The van der Waals surface area contributed by atoms with E-state index in [0.717, 1.165) is 17.7 Å². The molecule has 0 fully saturated rings. The molecule has 0 atom stereocenters. The first kappa shape index (κ1) is 17.1. The summed E-state index contributed by atoms with van der Waals surface area (Å²) in [6.07, 6.45) is 5.55. The van der Waals surface area contributed by atoms with Crippen LogP contribution in [-0.4, -0.2) is 37.4 Å². The highest BCUT2D eigenvalue weighted by Gasteiger charge is 2.19. The molecular formula is C19H18FN5O2. The van der Waals surface area contributed by atoms with Gasteiger partial charge in [0.2, 0.25) is 0 Å². The van der Waals surface area contributed by atoms with Crippen LogP contribution in [0.3, 0.4) is 0 Å². The zero-order valence-corrected chi connectivity index (χ0v) is 14.6. The van der Waals surface area contributed by atoms with E-state index in [2.05, 4.69) is 15.3 Å². The van der Waals surface area contributed by atoms with Crippen molar-refractivity contribution in [3.8, 4) is 0 Å². The number of halogens is 1. The third kappa shape index (κ3) is 3.38. The average Bonchev–Trinajstić information content (AvgIpc) is 3.27. The first-order chi connectivity index (χ1) is 13.3. The van der Waals surface area contributed by atoms with Crippen molar-refractivity contribution in [1.29, 1.82) is 0 Å². The molecule has 4 aromatic rings. The Morgan fingerprint density at radius 1 is 1.11 bits per heavy atom. The van der Waals surface area contributed by atoms with Crippen molar-refractivity contribution in [2.24, 2.45) is 0 Å². The van der Waals surface area contributed by atoms with Crippen LogP contribution >= 0.6 is 0 Å². The quantitative estimate of drug-likeness (QED) is 0.370. The van der Waals surface area contributed by atoms with Crippen LogP contribution in [0.5, 0.6) is 0 Å². The van der Waals surface area contributed by atoms with Crippen LogP contribution in [0.4, 0.5) is 4.39 Å². The minimum absolute atomic E-state index is 0.311. The average molecular weight is 367 g/mol. The van der Waals surface area contributed by atoms with Crippen molar-refractivity contribution in [2.45, 2.75) is 25.8 Å². The minimum Gasteiger partial charge on any atom is -0.332 e. The molecule has 0 amide bonds. The summed E-state index contributed by atoms with van der Waals surface area (Å²) in [6, 6.07) is 10.8. The molecule has 3 heterocycles. The first-order valence-electron chi connectivity index (χ1n) is 8.81. The van der Waals surface area contributed by atoms with Crippen LogP contribution in [0.25, 0.3) is 22.1 Å². The Balaban J connectivity index is 1.61. The number of hydrogen-bond acceptors (Lipinski definition) is 5. The Labute approximate surface area is 154 Å². The lowest BCUT2D eigenvalue weighted by Crippen LogP contribution is -2.20. The van der Waals surface area contributed by atoms with Crippen molar-refractivity contribution in [3.05, 3.63) is 54.4 Å². The molecule has 1 aromatic carbocycles. The van der Waals surface area contributed by atoms with Gasteiger partial charge in [0.15, 0.2) is 0 Å². The van der Waals surface area contributed by atoms with E-state index in [1.807, 2.05) is 22.8 Å². The standard InChI is InChI=1S/C19H18FN5O2/c20-10-4-1-5-12-24-13-15(14-7-6-11-21-18(14)24)19(26)27-25-17-9-3-2-8-16(17)22-23-25/h2-3,6-9,11,13H,1,4-5,10,12H2. The molecule has 0 aliphatic rings. The molecule has 0 aliphatic heterocycles. The minimum atomic E-state index is -0.536. The van der Waals surface area contributed by atoms with E-state index in [4.69, 9.17) is 4.84 Å². The van der Waals surface area contributed by atoms with Crippen molar-refractivity contribution in [1.82, 2.24) is 24.7 Å². The molecule has 0 aliphatic carbocycles. The van der Waals surface area contributed by atoms with Gasteiger partial charge in [-0.2, -0.15) is 0 Å². The molecule has 0 N–H and O–H groups in total. The van der Waals surface area contributed by atoms with Gasteiger partial charge >= 0.3 is 5.97 Å². The van der Waals surface area contributed by atoms with Gasteiger partial charge < -0.3 is 9.40 Å². The van der Waals surface area contributed by atoms with Gasteiger partial charge in [-0.15, -0.1) is 5.10 Å². The van der Waals surface area contributed by atoms with Gasteiger partial charge in [-0.05, 0) is 48.7 Å². The van der Waals surface area contributed by atoms with Crippen LogP contribution in [-0.2, 0) is 6.54 Å². The van der Waals surface area contributed by atoms with Gasteiger partial charge in [0.25, 0.3) is 0 Å². The van der Waals surface area contributed by atoms with Crippen molar-refractivity contribution in [2.75, 3.05) is 6.67 Å². The predicted molar refractivity (Wildman–Crippen MR) is 98.0 cm³/mol. The van der Waals surface area contributed by atoms with Gasteiger partial charge in [0, 0.05) is 24.3 Å². The maximum Gasteiger partial charge on any atom is 0.367 e. The van der Waals surface area contributed by atoms with E-state index in [1.165, 1.54) is 0 Å². The number of fused-ring (bicyclic) bond motifs is 2. The zero-order valence-electron chi connectivity index (χ0n) is 14.6. The van der Waals surface area contributed by atoms with Gasteiger partial charge in [-0.25, -0.2) is 9.78 Å². The second-order valence-electron chi connectivity index (χ2n) is 6.19. The third-order valence-corrected chi connectivity index (χ3v) is 4.38. The Kier molecular flexibility index (Phi) is 4.78. The molecule has 8 heteroatoms. The smallest absolute Gasteiger partial charge is 0.332 e. The van der Waals surface area contributed by atoms with E-state index in [9.17, 15) is 9.18 Å².